The van der Waals surface area contributed by atoms with Crippen LogP contribution in [0.5, 0.6) is 0 Å². The molecule has 21 heavy (non-hydrogen) atoms. The van der Waals surface area contributed by atoms with Gasteiger partial charge in [0, 0.05) is 19.7 Å². The minimum Gasteiger partial charge on any atom is -0.379 e. The number of nitrogens with two attached hydrogens (primary N) is 1. The predicted octanol–water partition coefficient (Wildman–Crippen LogP) is 2.05. The number of likely N-dealkylation sites (tertiary alicyclic amines) is 1. The number of hydrogen-bond acceptors (Lipinski definition) is 3. The van der Waals surface area contributed by atoms with Crippen LogP contribution in [-0.4, -0.2) is 56.3 Å². The summed E-state index contributed by atoms with van der Waals surface area (Å²) in [7, 11) is 1.73. The number of methoxy groups -OCH3 is 1. The second-order valence-corrected chi connectivity index (χ2v) is 6.62. The molecule has 0 aromatic heterocycles. The maximum atomic E-state index is 5.95. The number of rotatable bonds is 6. The van der Waals surface area contributed by atoms with E-state index in [0.29, 0.717) is 18.5 Å². The van der Waals surface area contributed by atoms with Crippen LogP contribution in [0.3, 0.4) is 0 Å². The molecule has 1 aliphatic heterocycles. The third kappa shape index (κ3) is 7.15. The number of ether oxygens (including phenoxy) is 1. The molecule has 2 atom stereocenters. The van der Waals surface area contributed by atoms with Crippen molar-refractivity contribution in [3.63, 3.8) is 0 Å². The molecule has 2 unspecified atom stereocenters. The first-order valence-electron chi connectivity index (χ1n) is 7.69. The number of nitrogens with one attached hydrogen (secondary N) is 1. The van der Waals surface area contributed by atoms with Gasteiger partial charge in [0.1, 0.15) is 0 Å². The third-order valence-corrected chi connectivity index (χ3v) is 4.10. The molecule has 0 radical (unpaired) electrons. The van der Waals surface area contributed by atoms with Gasteiger partial charge in [0.15, 0.2) is 5.96 Å². The van der Waals surface area contributed by atoms with E-state index in [-0.39, 0.29) is 35.5 Å². The molecule has 0 bridgehead atoms. The Morgan fingerprint density at radius 3 is 2.67 bits per heavy atom. The summed E-state index contributed by atoms with van der Waals surface area (Å²) in [6, 6.07) is 0.592. The van der Waals surface area contributed by atoms with Gasteiger partial charge in [-0.2, -0.15) is 0 Å². The highest BCUT2D eigenvalue weighted by Crippen LogP contribution is 2.21. The first kappa shape index (κ1) is 20.9. The quantitative estimate of drug-likeness (QED) is 0.398. The summed E-state index contributed by atoms with van der Waals surface area (Å²) < 4.78 is 5.48. The van der Waals surface area contributed by atoms with Gasteiger partial charge >= 0.3 is 0 Å². The molecule has 1 saturated heterocycles. The number of likely N-dealkylation sites (N-methyl/N-ethyl adjacent to an activating group) is 1. The average Bonchev–Trinajstić information content (AvgIpc) is 2.82. The summed E-state index contributed by atoms with van der Waals surface area (Å²) in [4.78, 5) is 6.91. The fraction of sp³-hybridized carbons (Fsp3) is 0.933. The smallest absolute Gasteiger partial charge is 0.188 e. The van der Waals surface area contributed by atoms with Gasteiger partial charge in [0.2, 0.25) is 0 Å². The second-order valence-electron chi connectivity index (χ2n) is 6.62. The summed E-state index contributed by atoms with van der Waals surface area (Å²) in [5.41, 5.74) is 6.02. The third-order valence-electron chi connectivity index (χ3n) is 4.10. The Labute approximate surface area is 147 Å². The van der Waals surface area contributed by atoms with Crippen molar-refractivity contribution in [2.24, 2.45) is 16.1 Å². The standard InChI is InChI=1S/C15H32N4O.HI/c1-6-19-9-7-8-12(19)10-17-14(16)18-11-13(20-5)15(2,3)4;/h12-13H,6-11H2,1-5H3,(H3,16,17,18);1H. The molecule has 5 nitrogen and oxygen atoms in total. The lowest BCUT2D eigenvalue weighted by atomic mass is 9.89. The van der Waals surface area contributed by atoms with E-state index in [9.17, 15) is 0 Å². The van der Waals surface area contributed by atoms with Gasteiger partial charge in [0.25, 0.3) is 0 Å². The Hall–Kier alpha value is -0.0800. The lowest BCUT2D eigenvalue weighted by Crippen LogP contribution is -2.43. The van der Waals surface area contributed by atoms with E-state index in [4.69, 9.17) is 10.5 Å². The zero-order valence-corrected chi connectivity index (χ0v) is 16.5. The van der Waals surface area contributed by atoms with Gasteiger partial charge in [-0.1, -0.05) is 27.7 Å². The molecule has 0 saturated carbocycles. The van der Waals surface area contributed by atoms with Crippen LogP contribution >= 0.6 is 24.0 Å². The number of halogens is 1. The molecule has 1 heterocycles. The van der Waals surface area contributed by atoms with Crippen molar-refractivity contribution in [2.45, 2.75) is 52.7 Å². The average molecular weight is 412 g/mol. The van der Waals surface area contributed by atoms with E-state index < -0.39 is 0 Å². The highest BCUT2D eigenvalue weighted by atomic mass is 127. The van der Waals surface area contributed by atoms with E-state index >= 15 is 0 Å². The van der Waals surface area contributed by atoms with Crippen LogP contribution in [0, 0.1) is 5.41 Å². The molecular formula is C15H33IN4O. The van der Waals surface area contributed by atoms with Crippen LogP contribution in [0.15, 0.2) is 4.99 Å². The van der Waals surface area contributed by atoms with Gasteiger partial charge in [-0.3, -0.25) is 9.89 Å². The van der Waals surface area contributed by atoms with Gasteiger partial charge in [-0.05, 0) is 31.3 Å². The Balaban J connectivity index is 0.00000400. The van der Waals surface area contributed by atoms with Crippen molar-refractivity contribution < 1.29 is 4.74 Å². The monoisotopic (exact) mass is 412 g/mol. The van der Waals surface area contributed by atoms with Crippen LogP contribution < -0.4 is 11.1 Å². The SMILES string of the molecule is CCN1CCCC1CNC(N)=NCC(OC)C(C)(C)C.I. The molecular weight excluding hydrogens is 379 g/mol. The molecule has 0 aromatic carbocycles. The van der Waals surface area contributed by atoms with E-state index in [0.717, 1.165) is 13.1 Å². The minimum atomic E-state index is 0. The van der Waals surface area contributed by atoms with Crippen LogP contribution in [0.25, 0.3) is 0 Å². The normalized spacial score (nSPS) is 22.0. The molecule has 126 valence electrons. The largest absolute Gasteiger partial charge is 0.379 e. The minimum absolute atomic E-state index is 0. The topological polar surface area (TPSA) is 62.9 Å². The number of aliphatic imine (C=N–C) groups is 1. The maximum absolute atomic E-state index is 5.95. The van der Waals surface area contributed by atoms with Gasteiger partial charge in [-0.15, -0.1) is 24.0 Å². The zero-order valence-electron chi connectivity index (χ0n) is 14.2. The van der Waals surface area contributed by atoms with Crippen molar-refractivity contribution in [1.29, 1.82) is 0 Å². The van der Waals surface area contributed by atoms with Gasteiger partial charge in [-0.25, -0.2) is 0 Å². The van der Waals surface area contributed by atoms with E-state index in [1.54, 1.807) is 7.11 Å². The summed E-state index contributed by atoms with van der Waals surface area (Å²) in [6.07, 6.45) is 2.62. The van der Waals surface area contributed by atoms with Crippen molar-refractivity contribution in [3.05, 3.63) is 0 Å². The molecule has 0 aromatic rings. The van der Waals surface area contributed by atoms with E-state index in [2.05, 4.69) is 42.9 Å². The van der Waals surface area contributed by atoms with Crippen LogP contribution in [0.4, 0.5) is 0 Å². The lowest BCUT2D eigenvalue weighted by molar-refractivity contribution is 0.0241. The number of guanidine groups is 1. The number of hydrogen-bond donors (Lipinski definition) is 2. The number of nitrogens with zero attached hydrogens (tertiary/aromatic N) is 2. The molecule has 1 fully saturated rings. The summed E-state index contributed by atoms with van der Waals surface area (Å²) in [6.45, 7) is 12.5. The Morgan fingerprint density at radius 1 is 1.48 bits per heavy atom. The Kier molecular flexibility index (Phi) is 9.80. The fourth-order valence-corrected chi connectivity index (χ4v) is 2.70. The van der Waals surface area contributed by atoms with Crippen molar-refractivity contribution >= 4 is 29.9 Å². The molecule has 1 rings (SSSR count). The highest BCUT2D eigenvalue weighted by molar-refractivity contribution is 14.0. The molecule has 0 spiro atoms. The highest BCUT2D eigenvalue weighted by Gasteiger charge is 2.24. The van der Waals surface area contributed by atoms with E-state index in [1.807, 2.05) is 0 Å². The maximum Gasteiger partial charge on any atom is 0.188 e. The summed E-state index contributed by atoms with van der Waals surface area (Å²) >= 11 is 0. The Bertz CT molecular complexity index is 317. The molecule has 3 N–H and O–H groups in total. The molecule has 0 aliphatic carbocycles. The van der Waals surface area contributed by atoms with E-state index in [1.165, 1.54) is 19.4 Å². The molecule has 0 amide bonds. The molecule has 1 aliphatic rings. The van der Waals surface area contributed by atoms with Crippen molar-refractivity contribution in [2.75, 3.05) is 33.3 Å². The first-order valence-corrected chi connectivity index (χ1v) is 7.69. The van der Waals surface area contributed by atoms with Crippen molar-refractivity contribution in [1.82, 2.24) is 10.2 Å². The first-order chi connectivity index (χ1) is 9.38. The molecule has 6 heteroatoms. The summed E-state index contributed by atoms with van der Waals surface area (Å²) in [5.74, 6) is 0.527. The van der Waals surface area contributed by atoms with Crippen molar-refractivity contribution in [3.8, 4) is 0 Å². The predicted molar refractivity (Wildman–Crippen MR) is 100 cm³/mol. The Morgan fingerprint density at radius 2 is 2.14 bits per heavy atom. The van der Waals surface area contributed by atoms with Crippen LogP contribution in [-0.2, 0) is 4.74 Å². The van der Waals surface area contributed by atoms with Gasteiger partial charge < -0.3 is 15.8 Å². The van der Waals surface area contributed by atoms with Crippen LogP contribution in [0.2, 0.25) is 0 Å². The fourth-order valence-electron chi connectivity index (χ4n) is 2.70. The lowest BCUT2D eigenvalue weighted by Gasteiger charge is -2.28. The van der Waals surface area contributed by atoms with Crippen LogP contribution in [0.1, 0.15) is 40.5 Å². The summed E-state index contributed by atoms with van der Waals surface area (Å²) in [5, 5.41) is 3.25. The zero-order chi connectivity index (χ0) is 15.2. The van der Waals surface area contributed by atoms with Gasteiger partial charge in [0.05, 0.1) is 12.6 Å². The second kappa shape index (κ2) is 9.84.